The number of aromatic nitrogens is 6. The standard InChI is InChI=1S/C20H16N6/c1-26-18(9-17(25-26)14-3-2-8-21-10-14)16-7-6-13-4-5-15-11-22-12-23-19(15)20(13)24-16/h2-3,6-12H,4-5H2,1H3. The normalized spacial score (nSPS) is 12.5. The first-order chi connectivity index (χ1) is 12.8. The van der Waals surface area contributed by atoms with Crippen LogP contribution in [0.5, 0.6) is 0 Å². The van der Waals surface area contributed by atoms with Crippen LogP contribution in [0.1, 0.15) is 11.1 Å². The maximum atomic E-state index is 4.93. The molecule has 6 nitrogen and oxygen atoms in total. The summed E-state index contributed by atoms with van der Waals surface area (Å²) in [4.78, 5) is 17.7. The van der Waals surface area contributed by atoms with Crippen molar-refractivity contribution < 1.29 is 0 Å². The fourth-order valence-electron chi connectivity index (χ4n) is 3.42. The second-order valence-corrected chi connectivity index (χ2v) is 6.38. The predicted octanol–water partition coefficient (Wildman–Crippen LogP) is 3.10. The number of nitrogens with zero attached hydrogens (tertiary/aromatic N) is 6. The summed E-state index contributed by atoms with van der Waals surface area (Å²) in [6.45, 7) is 0. The van der Waals surface area contributed by atoms with E-state index in [-0.39, 0.29) is 0 Å². The second-order valence-electron chi connectivity index (χ2n) is 6.38. The van der Waals surface area contributed by atoms with E-state index in [0.717, 1.165) is 52.4 Å². The lowest BCUT2D eigenvalue weighted by Gasteiger charge is -2.17. The summed E-state index contributed by atoms with van der Waals surface area (Å²) >= 11 is 0. The van der Waals surface area contributed by atoms with Crippen molar-refractivity contribution in [1.29, 1.82) is 0 Å². The van der Waals surface area contributed by atoms with Gasteiger partial charge in [-0.25, -0.2) is 15.0 Å². The molecule has 0 amide bonds. The molecule has 0 saturated carbocycles. The van der Waals surface area contributed by atoms with Gasteiger partial charge in [0, 0.05) is 31.2 Å². The molecule has 4 aromatic heterocycles. The zero-order chi connectivity index (χ0) is 17.5. The Morgan fingerprint density at radius 2 is 1.85 bits per heavy atom. The molecule has 4 aromatic rings. The average molecular weight is 340 g/mol. The number of hydrogen-bond donors (Lipinski definition) is 0. The van der Waals surface area contributed by atoms with Crippen molar-refractivity contribution in [2.45, 2.75) is 12.8 Å². The van der Waals surface area contributed by atoms with Gasteiger partial charge in [0.25, 0.3) is 0 Å². The van der Waals surface area contributed by atoms with Crippen molar-refractivity contribution in [3.05, 3.63) is 66.4 Å². The summed E-state index contributed by atoms with van der Waals surface area (Å²) in [5.74, 6) is 0. The van der Waals surface area contributed by atoms with Gasteiger partial charge in [-0.2, -0.15) is 5.10 Å². The molecule has 0 unspecified atom stereocenters. The minimum Gasteiger partial charge on any atom is -0.266 e. The third kappa shape index (κ3) is 2.38. The molecular formula is C20H16N6. The highest BCUT2D eigenvalue weighted by Gasteiger charge is 2.20. The number of hydrogen-bond acceptors (Lipinski definition) is 5. The smallest absolute Gasteiger partial charge is 0.116 e. The lowest BCUT2D eigenvalue weighted by atomic mass is 9.93. The van der Waals surface area contributed by atoms with Gasteiger partial charge in [-0.1, -0.05) is 6.07 Å². The highest BCUT2D eigenvalue weighted by molar-refractivity contribution is 5.71. The molecule has 0 saturated heterocycles. The Labute approximate surface area is 150 Å². The molecule has 0 atom stereocenters. The van der Waals surface area contributed by atoms with Crippen LogP contribution in [-0.4, -0.2) is 29.7 Å². The molecular weight excluding hydrogens is 324 g/mol. The molecule has 0 radical (unpaired) electrons. The fourth-order valence-corrected chi connectivity index (χ4v) is 3.42. The molecule has 0 aromatic carbocycles. The van der Waals surface area contributed by atoms with Crippen molar-refractivity contribution in [2.75, 3.05) is 0 Å². The second kappa shape index (κ2) is 5.84. The van der Waals surface area contributed by atoms with E-state index in [1.807, 2.05) is 36.3 Å². The van der Waals surface area contributed by atoms with Gasteiger partial charge in [0.1, 0.15) is 6.33 Å². The van der Waals surface area contributed by atoms with Crippen molar-refractivity contribution in [2.24, 2.45) is 7.05 Å². The highest BCUT2D eigenvalue weighted by Crippen LogP contribution is 2.32. The van der Waals surface area contributed by atoms with Crippen LogP contribution in [0.4, 0.5) is 0 Å². The van der Waals surface area contributed by atoms with Crippen molar-refractivity contribution in [1.82, 2.24) is 29.7 Å². The van der Waals surface area contributed by atoms with E-state index < -0.39 is 0 Å². The lowest BCUT2D eigenvalue weighted by molar-refractivity contribution is 0.776. The lowest BCUT2D eigenvalue weighted by Crippen LogP contribution is -2.08. The molecule has 6 heteroatoms. The zero-order valence-electron chi connectivity index (χ0n) is 14.3. The first kappa shape index (κ1) is 14.9. The van der Waals surface area contributed by atoms with Crippen LogP contribution in [0.15, 0.2) is 55.2 Å². The van der Waals surface area contributed by atoms with Gasteiger partial charge in [0.05, 0.1) is 28.5 Å². The molecule has 126 valence electrons. The van der Waals surface area contributed by atoms with Gasteiger partial charge in [0.15, 0.2) is 0 Å². The zero-order valence-corrected chi connectivity index (χ0v) is 14.3. The third-order valence-corrected chi connectivity index (χ3v) is 4.75. The number of rotatable bonds is 2. The Kier molecular flexibility index (Phi) is 3.35. The number of aryl methyl sites for hydroxylation is 3. The Morgan fingerprint density at radius 3 is 2.73 bits per heavy atom. The molecule has 5 rings (SSSR count). The third-order valence-electron chi connectivity index (χ3n) is 4.75. The van der Waals surface area contributed by atoms with Crippen LogP contribution in [0.25, 0.3) is 34.0 Å². The first-order valence-corrected chi connectivity index (χ1v) is 8.53. The molecule has 0 spiro atoms. The highest BCUT2D eigenvalue weighted by atomic mass is 15.3. The van der Waals surface area contributed by atoms with Crippen LogP contribution in [0.3, 0.4) is 0 Å². The van der Waals surface area contributed by atoms with E-state index in [1.165, 1.54) is 5.56 Å². The molecule has 1 aliphatic rings. The van der Waals surface area contributed by atoms with Crippen LogP contribution >= 0.6 is 0 Å². The van der Waals surface area contributed by atoms with Gasteiger partial charge in [-0.3, -0.25) is 9.67 Å². The van der Waals surface area contributed by atoms with Gasteiger partial charge < -0.3 is 0 Å². The van der Waals surface area contributed by atoms with Crippen molar-refractivity contribution in [3.63, 3.8) is 0 Å². The molecule has 0 aliphatic heterocycles. The maximum Gasteiger partial charge on any atom is 0.116 e. The van der Waals surface area contributed by atoms with Crippen LogP contribution in [0.2, 0.25) is 0 Å². The van der Waals surface area contributed by atoms with Crippen LogP contribution in [-0.2, 0) is 19.9 Å². The fraction of sp³-hybridized carbons (Fsp3) is 0.150. The van der Waals surface area contributed by atoms with E-state index in [4.69, 9.17) is 4.98 Å². The van der Waals surface area contributed by atoms with Crippen molar-refractivity contribution >= 4 is 0 Å². The molecule has 1 aliphatic carbocycles. The van der Waals surface area contributed by atoms with E-state index in [9.17, 15) is 0 Å². The summed E-state index contributed by atoms with van der Waals surface area (Å²) in [6, 6.07) is 10.2. The molecule has 0 fully saturated rings. The Morgan fingerprint density at radius 1 is 0.923 bits per heavy atom. The summed E-state index contributed by atoms with van der Waals surface area (Å²) in [6.07, 6.45) is 8.99. The van der Waals surface area contributed by atoms with Crippen molar-refractivity contribution in [3.8, 4) is 34.0 Å². The first-order valence-electron chi connectivity index (χ1n) is 8.53. The van der Waals surface area contributed by atoms with E-state index in [1.54, 1.807) is 12.5 Å². The summed E-state index contributed by atoms with van der Waals surface area (Å²) in [5, 5.41) is 4.62. The SMILES string of the molecule is Cn1nc(-c2cccnc2)cc1-c1ccc2c(n1)-c1ncncc1CC2. The Balaban J connectivity index is 1.62. The maximum absolute atomic E-state index is 4.93. The van der Waals surface area contributed by atoms with E-state index in [0.29, 0.717) is 0 Å². The predicted molar refractivity (Wildman–Crippen MR) is 98.1 cm³/mol. The van der Waals surface area contributed by atoms with E-state index >= 15 is 0 Å². The molecule has 0 N–H and O–H groups in total. The van der Waals surface area contributed by atoms with Gasteiger partial charge in [-0.05, 0) is 48.2 Å². The topological polar surface area (TPSA) is 69.4 Å². The minimum absolute atomic E-state index is 0.887. The van der Waals surface area contributed by atoms with Crippen LogP contribution < -0.4 is 0 Å². The molecule has 0 bridgehead atoms. The summed E-state index contributed by atoms with van der Waals surface area (Å²) < 4.78 is 1.86. The van der Waals surface area contributed by atoms with Crippen LogP contribution in [0, 0.1) is 0 Å². The van der Waals surface area contributed by atoms with Gasteiger partial charge in [-0.15, -0.1) is 0 Å². The Bertz CT molecular complexity index is 1100. The Hall–Kier alpha value is -3.41. The number of pyridine rings is 2. The summed E-state index contributed by atoms with van der Waals surface area (Å²) in [7, 11) is 1.94. The molecule has 4 heterocycles. The number of fused-ring (bicyclic) bond motifs is 3. The molecule has 26 heavy (non-hydrogen) atoms. The van der Waals surface area contributed by atoms with Gasteiger partial charge in [0.2, 0.25) is 0 Å². The summed E-state index contributed by atoms with van der Waals surface area (Å²) in [5.41, 5.74) is 8.02. The largest absolute Gasteiger partial charge is 0.266 e. The monoisotopic (exact) mass is 340 g/mol. The average Bonchev–Trinajstić information content (AvgIpc) is 3.10. The quantitative estimate of drug-likeness (QED) is 0.561. The van der Waals surface area contributed by atoms with E-state index in [2.05, 4.69) is 38.2 Å². The van der Waals surface area contributed by atoms with Gasteiger partial charge >= 0.3 is 0 Å². The minimum atomic E-state index is 0.887.